The van der Waals surface area contributed by atoms with Gasteiger partial charge in [-0.3, -0.25) is 4.79 Å². The number of halogens is 1. The summed E-state index contributed by atoms with van der Waals surface area (Å²) in [5.41, 5.74) is 1.23. The van der Waals surface area contributed by atoms with Crippen LogP contribution in [0.5, 0.6) is 5.75 Å². The normalized spacial score (nSPS) is 17.6. The Morgan fingerprint density at radius 3 is 3.00 bits per heavy atom. The van der Waals surface area contributed by atoms with Gasteiger partial charge in [0, 0.05) is 29.2 Å². The monoisotopic (exact) mass is 319 g/mol. The topological polar surface area (TPSA) is 31.2 Å². The molecule has 1 aromatic carbocycles. The van der Waals surface area contributed by atoms with Gasteiger partial charge in [-0.1, -0.05) is 18.2 Å². The van der Waals surface area contributed by atoms with Crippen LogP contribution < -0.4 is 10.3 Å². The summed E-state index contributed by atoms with van der Waals surface area (Å²) in [5.74, 6) is 1.28. The van der Waals surface area contributed by atoms with Gasteiger partial charge in [0.05, 0.1) is 6.61 Å². The Balaban J connectivity index is 1.93. The van der Waals surface area contributed by atoms with E-state index in [1.165, 1.54) is 5.56 Å². The second kappa shape index (κ2) is 5.21. The lowest BCUT2D eigenvalue weighted by molar-refractivity contribution is 0.258. The molecule has 0 bridgehead atoms. The maximum Gasteiger partial charge on any atom is 0.250 e. The van der Waals surface area contributed by atoms with Gasteiger partial charge in [-0.25, -0.2) is 0 Å². The summed E-state index contributed by atoms with van der Waals surface area (Å²) in [6.45, 7) is 1.41. The molecule has 0 fully saturated rings. The highest BCUT2D eigenvalue weighted by Crippen LogP contribution is 2.34. The van der Waals surface area contributed by atoms with Crippen molar-refractivity contribution in [1.82, 2.24) is 4.57 Å². The molecule has 0 spiro atoms. The van der Waals surface area contributed by atoms with E-state index in [4.69, 9.17) is 4.74 Å². The third-order valence-corrected chi connectivity index (χ3v) is 3.92. The highest BCUT2D eigenvalue weighted by Gasteiger charge is 2.21. The summed E-state index contributed by atoms with van der Waals surface area (Å²) in [5, 5.41) is 0. The second-order valence-electron chi connectivity index (χ2n) is 4.71. The predicted molar refractivity (Wildman–Crippen MR) is 77.7 cm³/mol. The molecule has 0 aliphatic carbocycles. The zero-order chi connectivity index (χ0) is 13.2. The van der Waals surface area contributed by atoms with Gasteiger partial charge >= 0.3 is 0 Å². The molecule has 1 aromatic heterocycles. The fourth-order valence-electron chi connectivity index (χ4n) is 2.49. The smallest absolute Gasteiger partial charge is 0.250 e. The van der Waals surface area contributed by atoms with Crippen LogP contribution in [0.1, 0.15) is 17.9 Å². The van der Waals surface area contributed by atoms with Crippen LogP contribution >= 0.6 is 15.9 Å². The standard InChI is InChI=1S/C15H14BrNO2/c16-12-5-6-15(18)17(10-12)9-11-7-8-19-14-4-2-1-3-13(11)14/h1-6,10-11H,7-9H2. The van der Waals surface area contributed by atoms with Crippen molar-refractivity contribution in [1.29, 1.82) is 0 Å². The molecule has 1 aliphatic heterocycles. The molecule has 4 heteroatoms. The van der Waals surface area contributed by atoms with Crippen molar-refractivity contribution in [2.45, 2.75) is 18.9 Å². The third-order valence-electron chi connectivity index (χ3n) is 3.45. The maximum atomic E-state index is 11.9. The number of para-hydroxylation sites is 1. The number of rotatable bonds is 2. The first-order valence-electron chi connectivity index (χ1n) is 6.32. The first-order chi connectivity index (χ1) is 9.24. The van der Waals surface area contributed by atoms with Gasteiger partial charge in [0.1, 0.15) is 5.75 Å². The summed E-state index contributed by atoms with van der Waals surface area (Å²) in [6, 6.07) is 11.4. The molecule has 0 saturated carbocycles. The Kier molecular flexibility index (Phi) is 3.42. The minimum atomic E-state index is 0.0344. The van der Waals surface area contributed by atoms with Crippen molar-refractivity contribution in [2.75, 3.05) is 6.61 Å². The number of hydrogen-bond donors (Lipinski definition) is 0. The van der Waals surface area contributed by atoms with Crippen molar-refractivity contribution in [3.05, 3.63) is 63.0 Å². The van der Waals surface area contributed by atoms with Gasteiger partial charge in [0.25, 0.3) is 5.56 Å². The SMILES string of the molecule is O=c1ccc(Br)cn1CC1CCOc2ccccc21. The van der Waals surface area contributed by atoms with E-state index < -0.39 is 0 Å². The highest BCUT2D eigenvalue weighted by molar-refractivity contribution is 9.10. The molecule has 19 heavy (non-hydrogen) atoms. The maximum absolute atomic E-state index is 11.9. The van der Waals surface area contributed by atoms with E-state index in [0.717, 1.165) is 16.6 Å². The van der Waals surface area contributed by atoms with E-state index in [1.807, 2.05) is 24.4 Å². The fraction of sp³-hybridized carbons (Fsp3) is 0.267. The van der Waals surface area contributed by atoms with Crippen molar-refractivity contribution >= 4 is 15.9 Å². The molecule has 0 amide bonds. The molecule has 0 radical (unpaired) electrons. The summed E-state index contributed by atoms with van der Waals surface area (Å²) in [6.07, 6.45) is 2.79. The minimum Gasteiger partial charge on any atom is -0.493 e. The van der Waals surface area contributed by atoms with Crippen LogP contribution in [-0.2, 0) is 6.54 Å². The lowest BCUT2D eigenvalue weighted by Gasteiger charge is -2.26. The number of benzene rings is 1. The molecule has 1 aliphatic rings. The molecule has 0 N–H and O–H groups in total. The minimum absolute atomic E-state index is 0.0344. The van der Waals surface area contributed by atoms with Crippen molar-refractivity contribution < 1.29 is 4.74 Å². The Morgan fingerprint density at radius 1 is 1.26 bits per heavy atom. The molecule has 1 atom stereocenters. The van der Waals surface area contributed by atoms with E-state index in [1.54, 1.807) is 16.7 Å². The van der Waals surface area contributed by atoms with E-state index in [0.29, 0.717) is 19.1 Å². The number of fused-ring (bicyclic) bond motifs is 1. The Hall–Kier alpha value is -1.55. The molecule has 2 heterocycles. The predicted octanol–water partition coefficient (Wildman–Crippen LogP) is 3.18. The first kappa shape index (κ1) is 12.5. The van der Waals surface area contributed by atoms with Gasteiger partial charge in [0.15, 0.2) is 0 Å². The van der Waals surface area contributed by atoms with Gasteiger partial charge in [-0.2, -0.15) is 0 Å². The van der Waals surface area contributed by atoms with Gasteiger partial charge < -0.3 is 9.30 Å². The first-order valence-corrected chi connectivity index (χ1v) is 7.11. The number of ether oxygens (including phenoxy) is 1. The molecule has 98 valence electrons. The second-order valence-corrected chi connectivity index (χ2v) is 5.63. The average molecular weight is 320 g/mol. The van der Waals surface area contributed by atoms with Crippen LogP contribution in [-0.4, -0.2) is 11.2 Å². The summed E-state index contributed by atoms with van der Waals surface area (Å²) in [4.78, 5) is 11.9. The number of aromatic nitrogens is 1. The molecule has 3 rings (SSSR count). The Labute approximate surface area is 120 Å². The molecular weight excluding hydrogens is 306 g/mol. The van der Waals surface area contributed by atoms with Crippen LogP contribution in [0.4, 0.5) is 0 Å². The van der Waals surface area contributed by atoms with Crippen molar-refractivity contribution in [3.8, 4) is 5.75 Å². The van der Waals surface area contributed by atoms with Crippen LogP contribution in [0.2, 0.25) is 0 Å². The summed E-state index contributed by atoms with van der Waals surface area (Å²) >= 11 is 3.41. The quantitative estimate of drug-likeness (QED) is 0.851. The Bertz CT molecular complexity index is 651. The summed E-state index contributed by atoms with van der Waals surface area (Å²) < 4.78 is 8.33. The molecule has 0 saturated heterocycles. The fourth-order valence-corrected chi connectivity index (χ4v) is 2.87. The van der Waals surface area contributed by atoms with Gasteiger partial charge in [-0.15, -0.1) is 0 Å². The largest absolute Gasteiger partial charge is 0.493 e. The van der Waals surface area contributed by atoms with Crippen LogP contribution in [0, 0.1) is 0 Å². The lowest BCUT2D eigenvalue weighted by atomic mass is 9.93. The average Bonchev–Trinajstić information content (AvgIpc) is 2.43. The van der Waals surface area contributed by atoms with Gasteiger partial charge in [0.2, 0.25) is 0 Å². The summed E-state index contributed by atoms with van der Waals surface area (Å²) in [7, 11) is 0. The van der Waals surface area contributed by atoms with Crippen molar-refractivity contribution in [2.24, 2.45) is 0 Å². The number of hydrogen-bond acceptors (Lipinski definition) is 2. The van der Waals surface area contributed by atoms with Crippen LogP contribution in [0.15, 0.2) is 51.9 Å². The lowest BCUT2D eigenvalue weighted by Crippen LogP contribution is -2.25. The third kappa shape index (κ3) is 2.59. The number of pyridine rings is 1. The van der Waals surface area contributed by atoms with Crippen LogP contribution in [0.25, 0.3) is 0 Å². The van der Waals surface area contributed by atoms with Crippen molar-refractivity contribution in [3.63, 3.8) is 0 Å². The van der Waals surface area contributed by atoms with E-state index in [2.05, 4.69) is 22.0 Å². The van der Waals surface area contributed by atoms with Gasteiger partial charge in [-0.05, 0) is 40.0 Å². The molecule has 3 nitrogen and oxygen atoms in total. The van der Waals surface area contributed by atoms with Crippen LogP contribution in [0.3, 0.4) is 0 Å². The molecule has 2 aromatic rings. The highest BCUT2D eigenvalue weighted by atomic mass is 79.9. The Morgan fingerprint density at radius 2 is 2.11 bits per heavy atom. The van der Waals surface area contributed by atoms with E-state index in [9.17, 15) is 4.79 Å². The molecule has 1 unspecified atom stereocenters. The van der Waals surface area contributed by atoms with E-state index >= 15 is 0 Å². The zero-order valence-corrected chi connectivity index (χ0v) is 12.0. The molecular formula is C15H14BrNO2. The zero-order valence-electron chi connectivity index (χ0n) is 10.4. The van der Waals surface area contributed by atoms with E-state index in [-0.39, 0.29) is 5.56 Å². The number of nitrogens with zero attached hydrogens (tertiary/aromatic N) is 1.